The number of sulfonamides is 1. The molecule has 8 heteroatoms. The Kier molecular flexibility index (Phi) is 5.97. The number of carbonyl (C=O) groups excluding carboxylic acids is 1. The van der Waals surface area contributed by atoms with Gasteiger partial charge in [0.25, 0.3) is 5.91 Å². The minimum atomic E-state index is -3.62. The summed E-state index contributed by atoms with van der Waals surface area (Å²) in [5, 5.41) is 0. The third-order valence-corrected chi connectivity index (χ3v) is 8.94. The maximum atomic E-state index is 13.4. The van der Waals surface area contributed by atoms with E-state index in [0.717, 1.165) is 49.0 Å². The lowest BCUT2D eigenvalue weighted by molar-refractivity contribution is 0.0704. The minimum Gasteiger partial charge on any atom is -0.342 e. The fourth-order valence-electron chi connectivity index (χ4n) is 5.09. The van der Waals surface area contributed by atoms with E-state index in [2.05, 4.69) is 4.98 Å². The molecule has 2 fully saturated rings. The molecule has 2 aliphatic heterocycles. The molecule has 2 aliphatic rings. The highest BCUT2D eigenvalue weighted by Gasteiger charge is 2.32. The van der Waals surface area contributed by atoms with Gasteiger partial charge in [-0.2, -0.15) is 4.31 Å². The van der Waals surface area contributed by atoms with Gasteiger partial charge < -0.3 is 9.88 Å². The van der Waals surface area contributed by atoms with E-state index in [1.807, 2.05) is 36.1 Å². The molecule has 5 rings (SSSR count). The van der Waals surface area contributed by atoms with E-state index < -0.39 is 10.0 Å². The summed E-state index contributed by atoms with van der Waals surface area (Å²) in [6, 6.07) is 14.5. The van der Waals surface area contributed by atoms with Gasteiger partial charge in [-0.05, 0) is 62.9 Å². The van der Waals surface area contributed by atoms with Crippen molar-refractivity contribution in [3.8, 4) is 0 Å². The SMILES string of the molecule is C[C@@H]1CCCCN1S(=O)(=O)c1cccc(C(=O)N2CCC[C@@H](c3nc4ccccc4[nH]3)C2)c1. The maximum absolute atomic E-state index is 13.4. The number of aromatic nitrogens is 2. The number of aromatic amines is 1. The molecule has 0 aliphatic carbocycles. The van der Waals surface area contributed by atoms with E-state index in [-0.39, 0.29) is 22.8 Å². The number of hydrogen-bond acceptors (Lipinski definition) is 4. The molecule has 2 atom stereocenters. The summed E-state index contributed by atoms with van der Waals surface area (Å²) < 4.78 is 28.1. The van der Waals surface area contributed by atoms with Crippen LogP contribution in [0.3, 0.4) is 0 Å². The number of carbonyl (C=O) groups is 1. The number of rotatable bonds is 4. The van der Waals surface area contributed by atoms with Crippen LogP contribution in [0.5, 0.6) is 0 Å². The Morgan fingerprint density at radius 2 is 1.88 bits per heavy atom. The lowest BCUT2D eigenvalue weighted by Crippen LogP contribution is -2.42. The van der Waals surface area contributed by atoms with Crippen molar-refractivity contribution in [1.82, 2.24) is 19.2 Å². The normalized spacial score (nSPS) is 22.5. The third-order valence-electron chi connectivity index (χ3n) is 6.93. The van der Waals surface area contributed by atoms with Crippen LogP contribution in [0.25, 0.3) is 11.0 Å². The largest absolute Gasteiger partial charge is 0.342 e. The molecule has 174 valence electrons. The van der Waals surface area contributed by atoms with E-state index in [9.17, 15) is 13.2 Å². The van der Waals surface area contributed by atoms with Gasteiger partial charge in [0.15, 0.2) is 0 Å². The van der Waals surface area contributed by atoms with Crippen molar-refractivity contribution in [2.45, 2.75) is 55.9 Å². The standard InChI is InChI=1S/C25H30N4O3S/c1-18-8-4-5-15-29(18)33(31,32)21-11-6-9-19(16-21)25(30)28-14-7-10-20(17-28)24-26-22-12-2-3-13-23(22)27-24/h2-3,6,9,11-13,16,18,20H,4-5,7-8,10,14-15,17H2,1H3,(H,26,27)/t18-,20-/m1/s1. The van der Waals surface area contributed by atoms with E-state index in [1.165, 1.54) is 0 Å². The summed E-state index contributed by atoms with van der Waals surface area (Å²) in [4.78, 5) is 23.5. The summed E-state index contributed by atoms with van der Waals surface area (Å²) in [6.07, 6.45) is 4.64. The number of likely N-dealkylation sites (tertiary alicyclic amines) is 1. The lowest BCUT2D eigenvalue weighted by Gasteiger charge is -2.33. The molecule has 3 aromatic rings. The molecule has 7 nitrogen and oxygen atoms in total. The molecular weight excluding hydrogens is 436 g/mol. The van der Waals surface area contributed by atoms with Crippen molar-refractivity contribution in [2.24, 2.45) is 0 Å². The Labute approximate surface area is 194 Å². The van der Waals surface area contributed by atoms with Gasteiger partial charge in [0.2, 0.25) is 10.0 Å². The minimum absolute atomic E-state index is 0.0187. The molecule has 2 aromatic carbocycles. The van der Waals surface area contributed by atoms with Gasteiger partial charge in [-0.25, -0.2) is 13.4 Å². The van der Waals surface area contributed by atoms with Crippen molar-refractivity contribution in [2.75, 3.05) is 19.6 Å². The van der Waals surface area contributed by atoms with E-state index in [0.29, 0.717) is 25.2 Å². The summed E-state index contributed by atoms with van der Waals surface area (Å²) in [5.41, 5.74) is 2.35. The van der Waals surface area contributed by atoms with Crippen LogP contribution < -0.4 is 0 Å². The maximum Gasteiger partial charge on any atom is 0.253 e. The second kappa shape index (κ2) is 8.91. The van der Waals surface area contributed by atoms with Crippen LogP contribution >= 0.6 is 0 Å². The molecule has 33 heavy (non-hydrogen) atoms. The van der Waals surface area contributed by atoms with Crippen molar-refractivity contribution >= 4 is 27.0 Å². The highest BCUT2D eigenvalue weighted by atomic mass is 32.2. The van der Waals surface area contributed by atoms with Crippen molar-refractivity contribution in [3.63, 3.8) is 0 Å². The van der Waals surface area contributed by atoms with Crippen LogP contribution in [0.1, 0.15) is 61.1 Å². The monoisotopic (exact) mass is 466 g/mol. The number of piperidine rings is 2. The zero-order valence-corrected chi connectivity index (χ0v) is 19.7. The van der Waals surface area contributed by atoms with Crippen LogP contribution in [-0.4, -0.2) is 59.2 Å². The first-order chi connectivity index (χ1) is 15.9. The zero-order chi connectivity index (χ0) is 23.0. The van der Waals surface area contributed by atoms with Gasteiger partial charge in [-0.1, -0.05) is 24.6 Å². The molecule has 1 N–H and O–H groups in total. The molecular formula is C25H30N4O3S. The van der Waals surface area contributed by atoms with E-state index in [1.54, 1.807) is 28.6 Å². The van der Waals surface area contributed by atoms with Crippen LogP contribution in [0.15, 0.2) is 53.4 Å². The number of fused-ring (bicyclic) bond motifs is 1. The summed E-state index contributed by atoms with van der Waals surface area (Å²) in [6.45, 7) is 3.72. The summed E-state index contributed by atoms with van der Waals surface area (Å²) >= 11 is 0. The number of amides is 1. The van der Waals surface area contributed by atoms with E-state index in [4.69, 9.17) is 4.98 Å². The second-order valence-electron chi connectivity index (χ2n) is 9.22. The first-order valence-corrected chi connectivity index (χ1v) is 13.2. The Bertz CT molecular complexity index is 1240. The molecule has 0 radical (unpaired) electrons. The highest BCUT2D eigenvalue weighted by molar-refractivity contribution is 7.89. The van der Waals surface area contributed by atoms with Crippen molar-refractivity contribution in [1.29, 1.82) is 0 Å². The molecule has 2 saturated heterocycles. The van der Waals surface area contributed by atoms with E-state index >= 15 is 0 Å². The Balaban J connectivity index is 1.36. The second-order valence-corrected chi connectivity index (χ2v) is 11.1. The molecule has 0 spiro atoms. The molecule has 0 saturated carbocycles. The third kappa shape index (κ3) is 4.29. The fourth-order valence-corrected chi connectivity index (χ4v) is 6.83. The first kappa shape index (κ1) is 22.1. The lowest BCUT2D eigenvalue weighted by atomic mass is 9.96. The van der Waals surface area contributed by atoms with Gasteiger partial charge in [0, 0.05) is 37.2 Å². The number of imidazole rings is 1. The van der Waals surface area contributed by atoms with Crippen LogP contribution in [0.4, 0.5) is 0 Å². The van der Waals surface area contributed by atoms with Gasteiger partial charge in [-0.3, -0.25) is 4.79 Å². The number of hydrogen-bond donors (Lipinski definition) is 1. The fraction of sp³-hybridized carbons (Fsp3) is 0.440. The average Bonchev–Trinajstić information content (AvgIpc) is 3.28. The summed E-state index contributed by atoms with van der Waals surface area (Å²) in [5.74, 6) is 0.917. The number of nitrogens with zero attached hydrogens (tertiary/aromatic N) is 3. The molecule has 3 heterocycles. The van der Waals surface area contributed by atoms with Gasteiger partial charge in [0.1, 0.15) is 5.82 Å². The Morgan fingerprint density at radius 1 is 1.03 bits per heavy atom. The van der Waals surface area contributed by atoms with Crippen LogP contribution in [-0.2, 0) is 10.0 Å². The predicted molar refractivity (Wildman–Crippen MR) is 128 cm³/mol. The highest BCUT2D eigenvalue weighted by Crippen LogP contribution is 2.29. The topological polar surface area (TPSA) is 86.4 Å². The number of H-pyrrole nitrogens is 1. The quantitative estimate of drug-likeness (QED) is 0.626. The first-order valence-electron chi connectivity index (χ1n) is 11.8. The summed E-state index contributed by atoms with van der Waals surface area (Å²) in [7, 11) is -3.62. The molecule has 1 aromatic heterocycles. The smallest absolute Gasteiger partial charge is 0.253 e. The van der Waals surface area contributed by atoms with Crippen LogP contribution in [0.2, 0.25) is 0 Å². The van der Waals surface area contributed by atoms with Crippen molar-refractivity contribution < 1.29 is 13.2 Å². The molecule has 0 bridgehead atoms. The molecule has 0 unspecified atom stereocenters. The Hall–Kier alpha value is -2.71. The van der Waals surface area contributed by atoms with Gasteiger partial charge >= 0.3 is 0 Å². The average molecular weight is 467 g/mol. The van der Waals surface area contributed by atoms with Crippen LogP contribution in [0, 0.1) is 0 Å². The number of nitrogens with one attached hydrogen (secondary N) is 1. The van der Waals surface area contributed by atoms with Gasteiger partial charge in [-0.15, -0.1) is 0 Å². The number of benzene rings is 2. The zero-order valence-electron chi connectivity index (χ0n) is 18.9. The Morgan fingerprint density at radius 3 is 2.70 bits per heavy atom. The number of para-hydroxylation sites is 2. The van der Waals surface area contributed by atoms with Gasteiger partial charge in [0.05, 0.1) is 15.9 Å². The molecule has 1 amide bonds. The van der Waals surface area contributed by atoms with Crippen molar-refractivity contribution in [3.05, 3.63) is 59.9 Å². The predicted octanol–water partition coefficient (Wildman–Crippen LogP) is 4.15.